The van der Waals surface area contributed by atoms with Crippen LogP contribution in [0.4, 0.5) is 0 Å². The second kappa shape index (κ2) is 3.49. The van der Waals surface area contributed by atoms with Gasteiger partial charge in [0, 0.05) is 0 Å². The van der Waals surface area contributed by atoms with Crippen molar-refractivity contribution < 1.29 is 0 Å². The van der Waals surface area contributed by atoms with Gasteiger partial charge in [0.2, 0.25) is 0 Å². The van der Waals surface area contributed by atoms with E-state index >= 15 is 0 Å². The van der Waals surface area contributed by atoms with Gasteiger partial charge in [-0.15, -0.1) is 0 Å². The van der Waals surface area contributed by atoms with Gasteiger partial charge in [-0.1, -0.05) is 67.3 Å². The highest BCUT2D eigenvalue weighted by molar-refractivity contribution is 5.92. The number of rotatable bonds is 0. The Morgan fingerprint density at radius 3 is 1.56 bits per heavy atom. The van der Waals surface area contributed by atoms with Crippen LogP contribution in [-0.4, -0.2) is 0 Å². The van der Waals surface area contributed by atoms with Gasteiger partial charge >= 0.3 is 0 Å². The fraction of sp³-hybridized carbons (Fsp3) is 0. The van der Waals surface area contributed by atoms with Crippen LogP contribution in [0.1, 0.15) is 22.3 Å². The van der Waals surface area contributed by atoms with Gasteiger partial charge in [0.1, 0.15) is 0 Å². The quantitative estimate of drug-likeness (QED) is 0.516. The van der Waals surface area contributed by atoms with Crippen LogP contribution in [0.25, 0.3) is 17.7 Å². The highest BCUT2D eigenvalue weighted by atomic mass is 14.4. The maximum Gasteiger partial charge on any atom is -0.0111 e. The zero-order valence-electron chi connectivity index (χ0n) is 8.98. The van der Waals surface area contributed by atoms with Crippen LogP contribution in [0.2, 0.25) is 0 Å². The number of hydrogen-bond donors (Lipinski definition) is 0. The van der Waals surface area contributed by atoms with E-state index in [1.54, 1.807) is 0 Å². The smallest absolute Gasteiger partial charge is 0.0111 e. The lowest BCUT2D eigenvalue weighted by Gasteiger charge is -2.09. The molecule has 0 nitrogen and oxygen atoms in total. The van der Waals surface area contributed by atoms with Crippen LogP contribution in [0.15, 0.2) is 55.1 Å². The van der Waals surface area contributed by atoms with Crippen molar-refractivity contribution >= 4 is 17.7 Å². The summed E-state index contributed by atoms with van der Waals surface area (Å²) >= 11 is 0. The van der Waals surface area contributed by atoms with Crippen molar-refractivity contribution in [3.63, 3.8) is 0 Å². The Morgan fingerprint density at radius 1 is 0.625 bits per heavy atom. The van der Waals surface area contributed by atoms with E-state index in [9.17, 15) is 0 Å². The SMILES string of the molecule is [14CH2]=C1c2ccccc2C=Cc2ccccc21. The average Bonchev–Trinajstić information content (AvgIpc) is 2.49. The molecule has 2 aromatic carbocycles. The van der Waals surface area contributed by atoms with Gasteiger partial charge in [-0.25, -0.2) is 0 Å². The first kappa shape index (κ1) is 9.17. The first-order valence-electron chi connectivity index (χ1n) is 5.42. The molecule has 0 spiro atoms. The second-order valence-electron chi connectivity index (χ2n) is 3.99. The summed E-state index contributed by atoms with van der Waals surface area (Å²) < 4.78 is 0. The Hall–Kier alpha value is -2.08. The van der Waals surface area contributed by atoms with E-state index in [1.807, 2.05) is 0 Å². The van der Waals surface area contributed by atoms with Crippen LogP contribution in [-0.2, 0) is 0 Å². The molecule has 0 N–H and O–H groups in total. The molecule has 0 fully saturated rings. The summed E-state index contributed by atoms with van der Waals surface area (Å²) in [5, 5.41) is 0. The summed E-state index contributed by atoms with van der Waals surface area (Å²) in [5.41, 5.74) is 6.04. The minimum atomic E-state index is 1.11. The van der Waals surface area contributed by atoms with Crippen LogP contribution in [0.3, 0.4) is 0 Å². The Kier molecular flexibility index (Phi) is 2.00. The normalized spacial score (nSPS) is 12.9. The molecule has 2 aromatic rings. The molecule has 0 aliphatic heterocycles. The largest absolute Gasteiger partial charge is 0.0905 e. The molecular formula is C16H12. The van der Waals surface area contributed by atoms with E-state index in [-0.39, 0.29) is 0 Å². The lowest BCUT2D eigenvalue weighted by Crippen LogP contribution is -1.89. The molecule has 0 unspecified atom stereocenters. The molecular weight excluding hydrogens is 194 g/mol. The summed E-state index contributed by atoms with van der Waals surface area (Å²) in [5.74, 6) is 0. The van der Waals surface area contributed by atoms with E-state index in [1.165, 1.54) is 22.3 Å². The van der Waals surface area contributed by atoms with E-state index in [0.29, 0.717) is 0 Å². The lowest BCUT2D eigenvalue weighted by atomic mass is 9.98. The Labute approximate surface area is 95.6 Å². The van der Waals surface area contributed by atoms with E-state index in [2.05, 4.69) is 67.3 Å². The fourth-order valence-electron chi connectivity index (χ4n) is 2.16. The summed E-state index contributed by atoms with van der Waals surface area (Å²) in [7, 11) is 0. The summed E-state index contributed by atoms with van der Waals surface area (Å²) in [4.78, 5) is 0. The Bertz CT molecular complexity index is 537. The monoisotopic (exact) mass is 206 g/mol. The van der Waals surface area contributed by atoms with Gasteiger partial charge in [0.15, 0.2) is 0 Å². The first-order valence-corrected chi connectivity index (χ1v) is 5.42. The van der Waals surface area contributed by atoms with Gasteiger partial charge in [-0.3, -0.25) is 0 Å². The topological polar surface area (TPSA) is 0 Å². The van der Waals surface area contributed by atoms with Gasteiger partial charge in [0.25, 0.3) is 0 Å². The molecule has 0 saturated carbocycles. The first-order chi connectivity index (χ1) is 7.86. The third kappa shape index (κ3) is 1.31. The molecule has 0 radical (unpaired) electrons. The highest BCUT2D eigenvalue weighted by Crippen LogP contribution is 2.31. The highest BCUT2D eigenvalue weighted by Gasteiger charge is 2.11. The maximum atomic E-state index is 4.22. The van der Waals surface area contributed by atoms with Crippen LogP contribution < -0.4 is 0 Å². The molecule has 0 heterocycles. The third-order valence-electron chi connectivity index (χ3n) is 3.01. The predicted molar refractivity (Wildman–Crippen MR) is 69.9 cm³/mol. The lowest BCUT2D eigenvalue weighted by molar-refractivity contribution is 1.54. The fourth-order valence-corrected chi connectivity index (χ4v) is 2.16. The van der Waals surface area contributed by atoms with Crippen LogP contribution in [0.5, 0.6) is 0 Å². The molecule has 1 aliphatic carbocycles. The third-order valence-corrected chi connectivity index (χ3v) is 3.01. The van der Waals surface area contributed by atoms with E-state index in [0.717, 1.165) is 5.57 Å². The van der Waals surface area contributed by atoms with Crippen LogP contribution >= 0.6 is 0 Å². The zero-order chi connectivity index (χ0) is 11.0. The molecule has 76 valence electrons. The molecule has 0 amide bonds. The van der Waals surface area contributed by atoms with E-state index in [4.69, 9.17) is 0 Å². The van der Waals surface area contributed by atoms with Gasteiger partial charge in [-0.2, -0.15) is 0 Å². The molecule has 3 rings (SSSR count). The molecule has 1 aliphatic rings. The van der Waals surface area contributed by atoms with Gasteiger partial charge in [0.05, 0.1) is 0 Å². The van der Waals surface area contributed by atoms with Gasteiger partial charge in [-0.05, 0) is 27.8 Å². The van der Waals surface area contributed by atoms with E-state index < -0.39 is 0 Å². The summed E-state index contributed by atoms with van der Waals surface area (Å²) in [6.07, 6.45) is 4.32. The number of hydrogen-bond acceptors (Lipinski definition) is 0. The van der Waals surface area contributed by atoms with Crippen molar-refractivity contribution in [2.45, 2.75) is 0 Å². The zero-order valence-corrected chi connectivity index (χ0v) is 8.98. The molecule has 0 saturated heterocycles. The minimum absolute atomic E-state index is 1.11. The van der Waals surface area contributed by atoms with Crippen molar-refractivity contribution in [3.05, 3.63) is 77.4 Å². The molecule has 0 heteroatoms. The average molecular weight is 206 g/mol. The summed E-state index contributed by atoms with van der Waals surface area (Å²) in [6.45, 7) is 4.22. The molecule has 16 heavy (non-hydrogen) atoms. The van der Waals surface area contributed by atoms with Crippen molar-refractivity contribution in [1.82, 2.24) is 0 Å². The van der Waals surface area contributed by atoms with Gasteiger partial charge < -0.3 is 0 Å². The van der Waals surface area contributed by atoms with Crippen molar-refractivity contribution in [1.29, 1.82) is 0 Å². The predicted octanol–water partition coefficient (Wildman–Crippen LogP) is 4.23. The second-order valence-corrected chi connectivity index (χ2v) is 3.99. The number of fused-ring (bicyclic) bond motifs is 2. The minimum Gasteiger partial charge on any atom is -0.0905 e. The Morgan fingerprint density at radius 2 is 1.06 bits per heavy atom. The molecule has 0 aromatic heterocycles. The Balaban J connectivity index is 2.30. The molecule has 0 bridgehead atoms. The van der Waals surface area contributed by atoms with Crippen LogP contribution in [0, 0.1) is 0 Å². The van der Waals surface area contributed by atoms with Crippen molar-refractivity contribution in [2.75, 3.05) is 0 Å². The standard InChI is InChI=1S/C16H12/c1-12-15-8-4-2-6-13(15)10-11-14-7-3-5-9-16(12)14/h2-11H,1H2/i1+2. The summed E-state index contributed by atoms with van der Waals surface area (Å²) in [6, 6.07) is 16.8. The van der Waals surface area contributed by atoms with Crippen molar-refractivity contribution in [3.8, 4) is 0 Å². The van der Waals surface area contributed by atoms with Crippen molar-refractivity contribution in [2.24, 2.45) is 0 Å². The molecule has 0 atom stereocenters. The number of benzene rings is 2. The maximum absolute atomic E-state index is 4.22.